The maximum atomic E-state index is 12.5. The Labute approximate surface area is 155 Å². The highest BCUT2D eigenvalue weighted by atomic mass is 16.5. The van der Waals surface area contributed by atoms with Gasteiger partial charge in [0.1, 0.15) is 5.54 Å². The van der Waals surface area contributed by atoms with Gasteiger partial charge >= 0.3 is 0 Å². The van der Waals surface area contributed by atoms with E-state index in [1.807, 2.05) is 48.5 Å². The van der Waals surface area contributed by atoms with Crippen LogP contribution in [0.25, 0.3) is 0 Å². The molecule has 0 saturated carbocycles. The molecule has 1 amide bonds. The fourth-order valence-corrected chi connectivity index (χ4v) is 2.55. The lowest BCUT2D eigenvalue weighted by atomic mass is 9.92. The van der Waals surface area contributed by atoms with Gasteiger partial charge < -0.3 is 20.5 Å². The molecule has 0 aliphatic carbocycles. The van der Waals surface area contributed by atoms with Gasteiger partial charge in [-0.2, -0.15) is 0 Å². The van der Waals surface area contributed by atoms with Crippen molar-refractivity contribution in [2.75, 3.05) is 13.7 Å². The Morgan fingerprint density at radius 2 is 1.88 bits per heavy atom. The fourth-order valence-electron chi connectivity index (χ4n) is 2.55. The van der Waals surface area contributed by atoms with Crippen molar-refractivity contribution in [1.29, 1.82) is 0 Å². The maximum absolute atomic E-state index is 12.5. The van der Waals surface area contributed by atoms with Gasteiger partial charge in [0, 0.05) is 6.54 Å². The molecule has 0 bridgehead atoms. The third-order valence-corrected chi connectivity index (χ3v) is 4.28. The van der Waals surface area contributed by atoms with Crippen molar-refractivity contribution in [3.05, 3.63) is 59.7 Å². The number of nitrogens with two attached hydrogens (primary N) is 1. The van der Waals surface area contributed by atoms with E-state index < -0.39 is 5.54 Å². The highest BCUT2D eigenvalue weighted by Gasteiger charge is 2.29. The highest BCUT2D eigenvalue weighted by Crippen LogP contribution is 2.28. The summed E-state index contributed by atoms with van der Waals surface area (Å²) in [6.45, 7) is 4.85. The Hall–Kier alpha value is -2.53. The van der Waals surface area contributed by atoms with Crippen LogP contribution in [0.15, 0.2) is 48.5 Å². The molecule has 2 rings (SSSR count). The van der Waals surface area contributed by atoms with E-state index >= 15 is 0 Å². The SMILES string of the molecule is CCCCOc1ccc(CNC(=O)C(C)(N)c2ccccc2)cc1OC. The van der Waals surface area contributed by atoms with Gasteiger partial charge in [0.05, 0.1) is 13.7 Å². The number of hydrogen-bond donors (Lipinski definition) is 2. The van der Waals surface area contributed by atoms with Gasteiger partial charge in [-0.3, -0.25) is 4.79 Å². The van der Waals surface area contributed by atoms with Crippen LogP contribution in [0.5, 0.6) is 11.5 Å². The maximum Gasteiger partial charge on any atom is 0.244 e. The first kappa shape index (κ1) is 19.8. The van der Waals surface area contributed by atoms with Crippen LogP contribution < -0.4 is 20.5 Å². The molecule has 0 radical (unpaired) electrons. The minimum Gasteiger partial charge on any atom is -0.493 e. The minimum absolute atomic E-state index is 0.231. The summed E-state index contributed by atoms with van der Waals surface area (Å²) < 4.78 is 11.1. The number of hydrogen-bond acceptors (Lipinski definition) is 4. The molecule has 0 aliphatic heterocycles. The molecule has 0 heterocycles. The smallest absolute Gasteiger partial charge is 0.244 e. The quantitative estimate of drug-likeness (QED) is 0.676. The summed E-state index contributed by atoms with van der Waals surface area (Å²) in [6.07, 6.45) is 2.07. The van der Waals surface area contributed by atoms with E-state index in [4.69, 9.17) is 15.2 Å². The largest absolute Gasteiger partial charge is 0.493 e. The molecule has 1 unspecified atom stereocenters. The second kappa shape index (κ2) is 9.25. The number of unbranched alkanes of at least 4 members (excludes halogenated alkanes) is 1. The molecule has 5 nitrogen and oxygen atoms in total. The third-order valence-electron chi connectivity index (χ3n) is 4.28. The first-order valence-corrected chi connectivity index (χ1v) is 8.91. The normalized spacial score (nSPS) is 12.9. The summed E-state index contributed by atoms with van der Waals surface area (Å²) in [6, 6.07) is 15.0. The van der Waals surface area contributed by atoms with E-state index in [1.165, 1.54) is 0 Å². The molecule has 3 N–H and O–H groups in total. The van der Waals surface area contributed by atoms with E-state index in [1.54, 1.807) is 14.0 Å². The van der Waals surface area contributed by atoms with Gasteiger partial charge in [0.2, 0.25) is 5.91 Å². The van der Waals surface area contributed by atoms with E-state index in [9.17, 15) is 4.79 Å². The number of rotatable bonds is 9. The van der Waals surface area contributed by atoms with Gasteiger partial charge in [0.15, 0.2) is 11.5 Å². The zero-order valence-electron chi connectivity index (χ0n) is 15.7. The number of carbonyl (C=O) groups excluding carboxylic acids is 1. The number of nitrogens with one attached hydrogen (secondary N) is 1. The van der Waals surface area contributed by atoms with Crippen molar-refractivity contribution in [1.82, 2.24) is 5.32 Å². The van der Waals surface area contributed by atoms with Crippen molar-refractivity contribution in [2.24, 2.45) is 5.73 Å². The molecule has 0 aliphatic rings. The van der Waals surface area contributed by atoms with Crippen LogP contribution in [0.4, 0.5) is 0 Å². The van der Waals surface area contributed by atoms with Crippen LogP contribution in [0.3, 0.4) is 0 Å². The topological polar surface area (TPSA) is 73.6 Å². The molecule has 5 heteroatoms. The van der Waals surface area contributed by atoms with Crippen molar-refractivity contribution in [2.45, 2.75) is 38.8 Å². The lowest BCUT2D eigenvalue weighted by molar-refractivity contribution is -0.126. The van der Waals surface area contributed by atoms with Gasteiger partial charge in [-0.1, -0.05) is 49.7 Å². The first-order chi connectivity index (χ1) is 12.5. The molecule has 26 heavy (non-hydrogen) atoms. The highest BCUT2D eigenvalue weighted by molar-refractivity contribution is 5.86. The number of benzene rings is 2. The molecule has 2 aromatic rings. The van der Waals surface area contributed by atoms with Crippen molar-refractivity contribution >= 4 is 5.91 Å². The Bertz CT molecular complexity index is 714. The first-order valence-electron chi connectivity index (χ1n) is 8.91. The molecular formula is C21H28N2O3. The standard InChI is InChI=1S/C21H28N2O3/c1-4-5-13-26-18-12-11-16(14-19(18)25-3)15-23-20(24)21(2,22)17-9-7-6-8-10-17/h6-12,14H,4-5,13,15,22H2,1-3H3,(H,23,24). The average Bonchev–Trinajstić information content (AvgIpc) is 2.67. The molecular weight excluding hydrogens is 328 g/mol. The summed E-state index contributed by atoms with van der Waals surface area (Å²) in [7, 11) is 1.61. The van der Waals surface area contributed by atoms with Crippen LogP contribution in [0, 0.1) is 0 Å². The predicted octanol–water partition coefficient (Wildman–Crippen LogP) is 3.36. The van der Waals surface area contributed by atoms with Gasteiger partial charge in [0.25, 0.3) is 0 Å². The van der Waals surface area contributed by atoms with E-state index in [0.717, 1.165) is 24.0 Å². The number of ether oxygens (including phenoxy) is 2. The Kier molecular flexibility index (Phi) is 7.04. The molecule has 140 valence electrons. The fraction of sp³-hybridized carbons (Fsp3) is 0.381. The van der Waals surface area contributed by atoms with E-state index in [-0.39, 0.29) is 5.91 Å². The van der Waals surface area contributed by atoms with Crippen molar-refractivity contribution in [3.8, 4) is 11.5 Å². The zero-order valence-corrected chi connectivity index (χ0v) is 15.7. The van der Waals surface area contributed by atoms with Crippen LogP contribution in [-0.2, 0) is 16.9 Å². The predicted molar refractivity (Wildman–Crippen MR) is 103 cm³/mol. The lowest BCUT2D eigenvalue weighted by Gasteiger charge is -2.24. The monoisotopic (exact) mass is 356 g/mol. The van der Waals surface area contributed by atoms with Gasteiger partial charge in [-0.05, 0) is 36.6 Å². The Morgan fingerprint density at radius 3 is 2.54 bits per heavy atom. The Balaban J connectivity index is 2.01. The zero-order chi connectivity index (χ0) is 19.0. The van der Waals surface area contributed by atoms with Crippen molar-refractivity contribution in [3.63, 3.8) is 0 Å². The Morgan fingerprint density at radius 1 is 1.15 bits per heavy atom. The van der Waals surface area contributed by atoms with Crippen molar-refractivity contribution < 1.29 is 14.3 Å². The lowest BCUT2D eigenvalue weighted by Crippen LogP contribution is -2.48. The number of amides is 1. The summed E-state index contributed by atoms with van der Waals surface area (Å²) in [4.78, 5) is 12.5. The summed E-state index contributed by atoms with van der Waals surface area (Å²) >= 11 is 0. The van der Waals surface area contributed by atoms with Gasteiger partial charge in [-0.25, -0.2) is 0 Å². The number of carbonyl (C=O) groups is 1. The van der Waals surface area contributed by atoms with E-state index in [0.29, 0.717) is 24.7 Å². The van der Waals surface area contributed by atoms with Crippen LogP contribution in [0.1, 0.15) is 37.8 Å². The molecule has 0 aromatic heterocycles. The molecule has 0 spiro atoms. The summed E-state index contributed by atoms with van der Waals surface area (Å²) in [5.74, 6) is 1.14. The second-order valence-electron chi connectivity index (χ2n) is 6.44. The third kappa shape index (κ3) is 4.99. The van der Waals surface area contributed by atoms with Crippen LogP contribution in [0.2, 0.25) is 0 Å². The van der Waals surface area contributed by atoms with Crippen LogP contribution in [-0.4, -0.2) is 19.6 Å². The molecule has 0 fully saturated rings. The average molecular weight is 356 g/mol. The molecule has 0 saturated heterocycles. The summed E-state index contributed by atoms with van der Waals surface area (Å²) in [5, 5.41) is 2.90. The molecule has 1 atom stereocenters. The summed E-state index contributed by atoms with van der Waals surface area (Å²) in [5.41, 5.74) is 6.84. The second-order valence-corrected chi connectivity index (χ2v) is 6.44. The number of methoxy groups -OCH3 is 1. The van der Waals surface area contributed by atoms with Gasteiger partial charge in [-0.15, -0.1) is 0 Å². The van der Waals surface area contributed by atoms with Crippen LogP contribution >= 0.6 is 0 Å². The minimum atomic E-state index is -1.09. The van der Waals surface area contributed by atoms with E-state index in [2.05, 4.69) is 12.2 Å². The molecule has 2 aromatic carbocycles.